The van der Waals surface area contributed by atoms with Crippen LogP contribution in [0.3, 0.4) is 0 Å². The SMILES string of the molecule is N#CC1=C(SCC(=O)Nc2ccc(Br)cc2F)NC(=O)C[C@H]1c1ccc(F)cc1. The standard InChI is InChI=1S/C20H14BrF2N3O2S/c21-12-3-6-17(16(23)7-12)25-19(28)10-29-20-15(9-24)14(8-18(27)26-20)11-1-4-13(22)5-2-11/h1-7,14H,8,10H2,(H,25,28)(H,26,27)/t14-/m0/s1. The summed E-state index contributed by atoms with van der Waals surface area (Å²) in [5.74, 6) is -2.45. The normalized spacial score (nSPS) is 16.2. The fourth-order valence-corrected chi connectivity index (χ4v) is 4.04. The van der Waals surface area contributed by atoms with Crippen LogP contribution in [-0.4, -0.2) is 17.6 Å². The molecule has 5 nitrogen and oxygen atoms in total. The van der Waals surface area contributed by atoms with Crippen molar-refractivity contribution in [2.24, 2.45) is 0 Å². The molecule has 148 valence electrons. The van der Waals surface area contributed by atoms with Crippen molar-refractivity contribution < 1.29 is 18.4 Å². The number of nitrogens with one attached hydrogen (secondary N) is 2. The van der Waals surface area contributed by atoms with Crippen LogP contribution in [0.5, 0.6) is 0 Å². The lowest BCUT2D eigenvalue weighted by atomic mass is 9.87. The number of nitrogens with zero attached hydrogens (tertiary/aromatic N) is 1. The molecule has 3 rings (SSSR count). The van der Waals surface area contributed by atoms with Crippen molar-refractivity contribution in [1.29, 1.82) is 5.26 Å². The van der Waals surface area contributed by atoms with Crippen molar-refractivity contribution in [3.8, 4) is 6.07 Å². The van der Waals surface area contributed by atoms with E-state index < -0.39 is 23.5 Å². The van der Waals surface area contributed by atoms with Gasteiger partial charge in [0.15, 0.2) is 0 Å². The van der Waals surface area contributed by atoms with E-state index in [4.69, 9.17) is 0 Å². The summed E-state index contributed by atoms with van der Waals surface area (Å²) in [5.41, 5.74) is 0.964. The van der Waals surface area contributed by atoms with E-state index in [9.17, 15) is 23.6 Å². The van der Waals surface area contributed by atoms with Crippen molar-refractivity contribution in [2.75, 3.05) is 11.1 Å². The zero-order chi connectivity index (χ0) is 21.0. The van der Waals surface area contributed by atoms with E-state index in [1.165, 1.54) is 36.4 Å². The first-order valence-corrected chi connectivity index (χ1v) is 10.2. The number of allylic oxidation sites excluding steroid dienone is 1. The van der Waals surface area contributed by atoms with E-state index >= 15 is 0 Å². The number of carbonyl (C=O) groups excluding carboxylic acids is 2. The average molecular weight is 478 g/mol. The second-order valence-electron chi connectivity index (χ2n) is 6.17. The third-order valence-electron chi connectivity index (χ3n) is 4.18. The number of rotatable bonds is 5. The van der Waals surface area contributed by atoms with Crippen LogP contribution in [-0.2, 0) is 9.59 Å². The molecule has 0 aliphatic carbocycles. The monoisotopic (exact) mass is 477 g/mol. The molecule has 2 aromatic carbocycles. The van der Waals surface area contributed by atoms with Gasteiger partial charge in [0.2, 0.25) is 11.8 Å². The maximum atomic E-state index is 13.9. The van der Waals surface area contributed by atoms with Gasteiger partial charge in [-0.3, -0.25) is 9.59 Å². The Hall–Kier alpha value is -2.70. The van der Waals surface area contributed by atoms with Gasteiger partial charge in [0, 0.05) is 16.8 Å². The molecule has 0 bridgehead atoms. The first-order valence-electron chi connectivity index (χ1n) is 8.44. The summed E-state index contributed by atoms with van der Waals surface area (Å²) < 4.78 is 27.6. The van der Waals surface area contributed by atoms with Crippen molar-refractivity contribution in [3.63, 3.8) is 0 Å². The summed E-state index contributed by atoms with van der Waals surface area (Å²) in [6, 6.07) is 11.9. The minimum absolute atomic E-state index is 0.0326. The van der Waals surface area contributed by atoms with Gasteiger partial charge in [0.05, 0.1) is 28.1 Å². The van der Waals surface area contributed by atoms with Gasteiger partial charge in [0.25, 0.3) is 0 Å². The Kier molecular flexibility index (Phi) is 6.67. The number of nitriles is 1. The number of halogens is 3. The molecule has 9 heteroatoms. The van der Waals surface area contributed by atoms with Gasteiger partial charge >= 0.3 is 0 Å². The van der Waals surface area contributed by atoms with Crippen LogP contribution in [0.2, 0.25) is 0 Å². The zero-order valence-electron chi connectivity index (χ0n) is 14.8. The highest BCUT2D eigenvalue weighted by molar-refractivity contribution is 9.10. The smallest absolute Gasteiger partial charge is 0.234 e. The van der Waals surface area contributed by atoms with Crippen molar-refractivity contribution >= 4 is 45.2 Å². The van der Waals surface area contributed by atoms with Crippen molar-refractivity contribution in [2.45, 2.75) is 12.3 Å². The molecule has 2 N–H and O–H groups in total. The Balaban J connectivity index is 1.75. The summed E-state index contributed by atoms with van der Waals surface area (Å²) in [5, 5.41) is 14.9. The van der Waals surface area contributed by atoms with Crippen molar-refractivity contribution in [3.05, 3.63) is 74.7 Å². The van der Waals surface area contributed by atoms with E-state index in [1.807, 2.05) is 0 Å². The van der Waals surface area contributed by atoms with E-state index in [0.29, 0.717) is 15.6 Å². The Morgan fingerprint density at radius 2 is 2.00 bits per heavy atom. The first-order chi connectivity index (χ1) is 13.9. The molecular weight excluding hydrogens is 464 g/mol. The second kappa shape index (κ2) is 9.20. The van der Waals surface area contributed by atoms with Gasteiger partial charge < -0.3 is 10.6 Å². The maximum absolute atomic E-state index is 13.9. The van der Waals surface area contributed by atoms with Crippen LogP contribution in [0.25, 0.3) is 0 Å². The number of carbonyl (C=O) groups is 2. The van der Waals surface area contributed by atoms with Gasteiger partial charge in [-0.25, -0.2) is 8.78 Å². The number of thioether (sulfide) groups is 1. The van der Waals surface area contributed by atoms with Gasteiger partial charge in [-0.1, -0.05) is 39.8 Å². The first kappa shape index (κ1) is 21.0. The lowest BCUT2D eigenvalue weighted by molar-refractivity contribution is -0.121. The van der Waals surface area contributed by atoms with Gasteiger partial charge in [0.1, 0.15) is 11.6 Å². The fourth-order valence-electron chi connectivity index (χ4n) is 2.83. The third-order valence-corrected chi connectivity index (χ3v) is 5.69. The molecular formula is C20H14BrF2N3O2S. The number of hydrogen-bond donors (Lipinski definition) is 2. The van der Waals surface area contributed by atoms with Crippen LogP contribution in [0, 0.1) is 23.0 Å². The predicted molar refractivity (Wildman–Crippen MR) is 110 cm³/mol. The lowest BCUT2D eigenvalue weighted by Gasteiger charge is -2.25. The number of anilines is 1. The highest BCUT2D eigenvalue weighted by atomic mass is 79.9. The van der Waals surface area contributed by atoms with Crippen LogP contribution in [0.4, 0.5) is 14.5 Å². The van der Waals surface area contributed by atoms with E-state index in [2.05, 4.69) is 32.6 Å². The van der Waals surface area contributed by atoms with Crippen LogP contribution in [0.15, 0.2) is 57.5 Å². The molecule has 1 aliphatic heterocycles. The lowest BCUT2D eigenvalue weighted by Crippen LogP contribution is -2.31. The largest absolute Gasteiger partial charge is 0.323 e. The quantitative estimate of drug-likeness (QED) is 0.666. The minimum atomic E-state index is -0.586. The molecule has 0 fully saturated rings. The van der Waals surface area contributed by atoms with E-state index in [0.717, 1.165) is 11.8 Å². The molecule has 0 unspecified atom stereocenters. The minimum Gasteiger partial charge on any atom is -0.323 e. The molecule has 29 heavy (non-hydrogen) atoms. The van der Waals surface area contributed by atoms with Crippen molar-refractivity contribution in [1.82, 2.24) is 5.32 Å². The van der Waals surface area contributed by atoms with Gasteiger partial charge in [-0.05, 0) is 35.9 Å². The number of amides is 2. The Morgan fingerprint density at radius 1 is 1.28 bits per heavy atom. The summed E-state index contributed by atoms with van der Waals surface area (Å²) in [4.78, 5) is 24.3. The summed E-state index contributed by atoms with van der Waals surface area (Å²) >= 11 is 4.12. The summed E-state index contributed by atoms with van der Waals surface area (Å²) in [7, 11) is 0. The van der Waals surface area contributed by atoms with E-state index in [1.54, 1.807) is 6.07 Å². The van der Waals surface area contributed by atoms with Crippen LogP contribution < -0.4 is 10.6 Å². The second-order valence-corrected chi connectivity index (χ2v) is 8.07. The molecule has 0 saturated carbocycles. The number of benzene rings is 2. The molecule has 2 amide bonds. The molecule has 2 aromatic rings. The highest BCUT2D eigenvalue weighted by Crippen LogP contribution is 2.36. The fraction of sp³-hybridized carbons (Fsp3) is 0.150. The van der Waals surface area contributed by atoms with Crippen LogP contribution >= 0.6 is 27.7 Å². The molecule has 1 heterocycles. The van der Waals surface area contributed by atoms with E-state index in [-0.39, 0.29) is 28.8 Å². The molecule has 0 aromatic heterocycles. The molecule has 1 atom stereocenters. The van der Waals surface area contributed by atoms with Gasteiger partial charge in [-0.2, -0.15) is 5.26 Å². The van der Waals surface area contributed by atoms with Gasteiger partial charge in [-0.15, -0.1) is 0 Å². The maximum Gasteiger partial charge on any atom is 0.234 e. The summed E-state index contributed by atoms with van der Waals surface area (Å²) in [6.07, 6.45) is 0.0505. The molecule has 0 spiro atoms. The number of hydrogen-bond acceptors (Lipinski definition) is 4. The highest BCUT2D eigenvalue weighted by Gasteiger charge is 2.29. The van der Waals surface area contributed by atoms with Crippen LogP contribution in [0.1, 0.15) is 17.9 Å². The topological polar surface area (TPSA) is 82.0 Å². The Morgan fingerprint density at radius 3 is 2.66 bits per heavy atom. The molecule has 0 radical (unpaired) electrons. The predicted octanol–water partition coefficient (Wildman–Crippen LogP) is 4.44. The molecule has 0 saturated heterocycles. The Bertz CT molecular complexity index is 1040. The Labute approximate surface area is 178 Å². The molecule has 1 aliphatic rings. The third kappa shape index (κ3) is 5.22. The zero-order valence-corrected chi connectivity index (χ0v) is 17.2. The summed E-state index contributed by atoms with van der Waals surface area (Å²) in [6.45, 7) is 0. The average Bonchev–Trinajstić information content (AvgIpc) is 2.68.